The molecule has 1 aliphatic heterocycles. The van der Waals surface area contributed by atoms with Crippen LogP contribution in [0, 0.1) is 29.0 Å². The molecule has 4 atom stereocenters. The molecule has 13 heteroatoms. The van der Waals surface area contributed by atoms with Gasteiger partial charge >= 0.3 is 12.0 Å². The topological polar surface area (TPSA) is 177 Å². The molecule has 4 unspecified atom stereocenters. The molecule has 12 nitrogen and oxygen atoms in total. The predicted octanol–water partition coefficient (Wildman–Crippen LogP) is 5.45. The first-order valence-electron chi connectivity index (χ1n) is 19.0. The summed E-state index contributed by atoms with van der Waals surface area (Å²) in [5.41, 5.74) is 4.02. The van der Waals surface area contributed by atoms with Crippen molar-refractivity contribution in [3.05, 3.63) is 35.6 Å². The fourth-order valence-corrected chi connectivity index (χ4v) is 6.19. The number of nitrogens with one attached hydrogen (secondary N) is 3. The van der Waals surface area contributed by atoms with E-state index in [1.54, 1.807) is 12.1 Å². The van der Waals surface area contributed by atoms with E-state index in [2.05, 4.69) is 50.6 Å². The van der Waals surface area contributed by atoms with Gasteiger partial charge in [-0.05, 0) is 80.6 Å². The minimum atomic E-state index is -1.12. The predicted molar refractivity (Wildman–Crippen MR) is 204 cm³/mol. The Morgan fingerprint density at radius 3 is 2.00 bits per heavy atom. The van der Waals surface area contributed by atoms with Crippen molar-refractivity contribution in [3.63, 3.8) is 0 Å². The Bertz CT molecular complexity index is 1340. The molecule has 300 valence electrons. The van der Waals surface area contributed by atoms with Crippen LogP contribution < -0.4 is 21.7 Å². The van der Waals surface area contributed by atoms with Gasteiger partial charge in [-0.2, -0.15) is 0 Å². The van der Waals surface area contributed by atoms with Crippen LogP contribution in [0.25, 0.3) is 0 Å². The number of esters is 1. The zero-order chi connectivity index (χ0) is 40.5. The highest BCUT2D eigenvalue weighted by atomic mass is 19.1. The number of benzene rings is 1. The maximum absolute atomic E-state index is 13.0. The number of rotatable bonds is 13. The lowest BCUT2D eigenvalue weighted by Gasteiger charge is -2.36. The van der Waals surface area contributed by atoms with Crippen molar-refractivity contribution in [1.82, 2.24) is 20.9 Å². The van der Waals surface area contributed by atoms with Crippen LogP contribution in [0.3, 0.4) is 0 Å². The number of primary amides is 1. The van der Waals surface area contributed by atoms with E-state index in [9.17, 15) is 33.2 Å². The molecular weight excluding hydrogens is 681 g/mol. The molecule has 1 aliphatic carbocycles. The van der Waals surface area contributed by atoms with Gasteiger partial charge in [0.2, 0.25) is 11.7 Å². The summed E-state index contributed by atoms with van der Waals surface area (Å²) in [4.78, 5) is 73.1. The summed E-state index contributed by atoms with van der Waals surface area (Å²) in [5.74, 6) is -1.27. The minimum Gasteiger partial charge on any atom is -0.459 e. The smallest absolute Gasteiger partial charge is 0.332 e. The Labute approximate surface area is 316 Å². The van der Waals surface area contributed by atoms with Crippen molar-refractivity contribution >= 4 is 35.9 Å². The highest BCUT2D eigenvalue weighted by molar-refractivity contribution is 6.37. The number of Topliss-reactive ketones (excluding diaryl/α,β-unsaturated/α-hetero) is 1. The van der Waals surface area contributed by atoms with E-state index in [-0.39, 0.29) is 30.3 Å². The number of hydrogen-bond donors (Lipinski definition) is 4. The molecular formula is C40H66FN5O7. The SMILES string of the molecule is CC(C)(C)C(C=O)NC(=O)NC1(C(=O)OCc2ccc(F)cc2)CCCCC1.CC(NC(=O)C1C(C(C)C)CCN1C)C(=O)C(N)=O.CCC(C)CC. The molecule has 4 amide bonds. The van der Waals surface area contributed by atoms with Crippen molar-refractivity contribution in [2.75, 3.05) is 13.6 Å². The van der Waals surface area contributed by atoms with Crippen LogP contribution >= 0.6 is 0 Å². The third-order valence-electron chi connectivity index (χ3n) is 10.3. The van der Waals surface area contributed by atoms with Crippen LogP contribution in [0.5, 0.6) is 0 Å². The number of carbonyl (C=O) groups excluding carboxylic acids is 6. The lowest BCUT2D eigenvalue weighted by atomic mass is 9.81. The molecule has 1 aromatic carbocycles. The zero-order valence-electron chi connectivity index (χ0n) is 33.7. The van der Waals surface area contributed by atoms with Gasteiger partial charge in [0.1, 0.15) is 24.2 Å². The first kappa shape index (κ1) is 47.2. The van der Waals surface area contributed by atoms with Gasteiger partial charge in [-0.15, -0.1) is 0 Å². The zero-order valence-corrected chi connectivity index (χ0v) is 33.7. The maximum Gasteiger partial charge on any atom is 0.332 e. The van der Waals surface area contributed by atoms with Crippen LogP contribution in [0.1, 0.15) is 119 Å². The second-order valence-electron chi connectivity index (χ2n) is 15.9. The highest BCUT2D eigenvalue weighted by Crippen LogP contribution is 2.31. The Morgan fingerprint density at radius 2 is 1.55 bits per heavy atom. The van der Waals surface area contributed by atoms with E-state index < -0.39 is 46.7 Å². The Morgan fingerprint density at radius 1 is 0.981 bits per heavy atom. The number of ketones is 1. The Kier molecular flexibility index (Phi) is 19.9. The second kappa shape index (κ2) is 22.4. The first-order chi connectivity index (χ1) is 24.7. The van der Waals surface area contributed by atoms with Crippen LogP contribution in [0.15, 0.2) is 24.3 Å². The van der Waals surface area contributed by atoms with E-state index >= 15 is 0 Å². The number of ether oxygens (including phenoxy) is 1. The normalized spacial score (nSPS) is 19.3. The number of likely N-dealkylation sites (N-methyl/N-ethyl adjacent to an activating group) is 1. The summed E-state index contributed by atoms with van der Waals surface area (Å²) in [7, 11) is 1.90. The minimum absolute atomic E-state index is 0.00309. The monoisotopic (exact) mass is 747 g/mol. The quantitative estimate of drug-likeness (QED) is 0.117. The van der Waals surface area contributed by atoms with Gasteiger partial charge in [-0.25, -0.2) is 14.0 Å². The molecule has 53 heavy (non-hydrogen) atoms. The third kappa shape index (κ3) is 15.6. The molecule has 0 aromatic heterocycles. The van der Waals surface area contributed by atoms with Crippen LogP contribution in [0.2, 0.25) is 0 Å². The van der Waals surface area contributed by atoms with Gasteiger partial charge in [0.05, 0.1) is 18.1 Å². The average molecular weight is 748 g/mol. The lowest BCUT2D eigenvalue weighted by molar-refractivity contribution is -0.154. The standard InChI is InChI=1S/C21H29FN2O4.C13H23N3O3.C6H14/c1-20(2,3)17(13-25)23-19(27)24-21(11-5-4-6-12-21)18(26)28-14-15-7-9-16(22)10-8-15;1-7(2)9-5-6-16(4)10(9)13(19)15-8(3)11(17)12(14)18;1-4-6(3)5-2/h7-10,13,17H,4-6,11-12,14H2,1-3H3,(H2,23,24,27);7-10H,5-6H2,1-4H3,(H2,14,18)(H,15,19);6H,4-5H2,1-3H3. The number of likely N-dealkylation sites (tertiary alicyclic amines) is 1. The van der Waals surface area contributed by atoms with Gasteiger partial charge in [-0.3, -0.25) is 19.3 Å². The number of aldehydes is 1. The van der Waals surface area contributed by atoms with E-state index in [1.165, 1.54) is 31.9 Å². The van der Waals surface area contributed by atoms with Crippen LogP contribution in [0.4, 0.5) is 9.18 Å². The highest BCUT2D eigenvalue weighted by Gasteiger charge is 2.43. The van der Waals surface area contributed by atoms with Crippen LogP contribution in [-0.4, -0.2) is 78.0 Å². The number of nitrogens with zero attached hydrogens (tertiary/aromatic N) is 1. The van der Waals surface area contributed by atoms with Crippen LogP contribution in [-0.2, 0) is 35.3 Å². The van der Waals surface area contributed by atoms with Crippen molar-refractivity contribution in [3.8, 4) is 0 Å². The van der Waals surface area contributed by atoms with Crippen molar-refractivity contribution in [2.24, 2.45) is 28.9 Å². The molecule has 0 spiro atoms. The van der Waals surface area contributed by atoms with Crippen molar-refractivity contribution < 1.29 is 37.9 Å². The largest absolute Gasteiger partial charge is 0.459 e. The Balaban J connectivity index is 0.000000484. The molecule has 1 aromatic rings. The second-order valence-corrected chi connectivity index (χ2v) is 15.9. The number of halogens is 1. The molecule has 3 rings (SSSR count). The number of amides is 4. The van der Waals surface area contributed by atoms with E-state index in [0.717, 1.165) is 38.1 Å². The number of urea groups is 1. The van der Waals surface area contributed by atoms with Gasteiger partial charge in [-0.1, -0.05) is 99.6 Å². The molecule has 0 bridgehead atoms. The van der Waals surface area contributed by atoms with E-state index in [1.807, 2.05) is 32.7 Å². The van der Waals surface area contributed by atoms with Gasteiger partial charge < -0.3 is 31.2 Å². The molecule has 1 saturated heterocycles. The first-order valence-corrected chi connectivity index (χ1v) is 19.0. The number of carbonyl (C=O) groups is 6. The van der Waals surface area contributed by atoms with Gasteiger partial charge in [0.25, 0.3) is 5.91 Å². The summed E-state index contributed by atoms with van der Waals surface area (Å²) >= 11 is 0. The summed E-state index contributed by atoms with van der Waals surface area (Å²) < 4.78 is 18.4. The molecule has 0 radical (unpaired) electrons. The molecule has 5 N–H and O–H groups in total. The molecule has 1 saturated carbocycles. The van der Waals surface area contributed by atoms with E-state index in [0.29, 0.717) is 30.6 Å². The summed E-state index contributed by atoms with van der Waals surface area (Å²) in [6.45, 7) is 18.8. The summed E-state index contributed by atoms with van der Waals surface area (Å²) in [5, 5.41) is 8.00. The lowest BCUT2D eigenvalue weighted by Crippen LogP contribution is -2.60. The number of hydrogen-bond acceptors (Lipinski definition) is 8. The molecule has 2 fully saturated rings. The van der Waals surface area contributed by atoms with Gasteiger partial charge in [0.15, 0.2) is 0 Å². The van der Waals surface area contributed by atoms with Crippen molar-refractivity contribution in [2.45, 2.75) is 144 Å². The Hall–Kier alpha value is -3.87. The fraction of sp³-hybridized carbons (Fsp3) is 0.700. The molecule has 2 aliphatic rings. The summed E-state index contributed by atoms with van der Waals surface area (Å²) in [6, 6.07) is 3.35. The van der Waals surface area contributed by atoms with E-state index in [4.69, 9.17) is 10.5 Å². The molecule has 1 heterocycles. The fourth-order valence-electron chi connectivity index (χ4n) is 6.19. The number of nitrogens with two attached hydrogens (primary N) is 1. The van der Waals surface area contributed by atoms with Gasteiger partial charge in [0, 0.05) is 0 Å². The van der Waals surface area contributed by atoms with Crippen molar-refractivity contribution in [1.29, 1.82) is 0 Å². The maximum atomic E-state index is 13.0. The summed E-state index contributed by atoms with van der Waals surface area (Å²) in [6.07, 6.45) is 7.84. The average Bonchev–Trinajstić information content (AvgIpc) is 3.51. The third-order valence-corrected chi connectivity index (χ3v) is 10.3.